The third-order valence-electron chi connectivity index (χ3n) is 4.91. The van der Waals surface area contributed by atoms with E-state index in [4.69, 9.17) is 9.47 Å². The molecule has 0 spiro atoms. The number of hydrogen-bond donors (Lipinski definition) is 2. The van der Waals surface area contributed by atoms with Gasteiger partial charge < -0.3 is 25.0 Å². The van der Waals surface area contributed by atoms with Crippen LogP contribution in [0, 0.1) is 0 Å². The molecular formula is C23H28F2N4O3. The van der Waals surface area contributed by atoms with Gasteiger partial charge in [-0.1, -0.05) is 30.3 Å². The quantitative estimate of drug-likeness (QED) is 0.457. The summed E-state index contributed by atoms with van der Waals surface area (Å²) < 4.78 is 35.9. The van der Waals surface area contributed by atoms with Gasteiger partial charge in [0.2, 0.25) is 5.91 Å². The minimum absolute atomic E-state index is 0.0336. The van der Waals surface area contributed by atoms with Crippen molar-refractivity contribution < 1.29 is 23.0 Å². The lowest BCUT2D eigenvalue weighted by Crippen LogP contribution is -2.44. The van der Waals surface area contributed by atoms with Crippen LogP contribution >= 0.6 is 0 Å². The Morgan fingerprint density at radius 3 is 2.72 bits per heavy atom. The van der Waals surface area contributed by atoms with Gasteiger partial charge in [-0.25, -0.2) is 4.99 Å². The number of guanidine groups is 1. The van der Waals surface area contributed by atoms with Crippen LogP contribution in [0.2, 0.25) is 0 Å². The number of para-hydroxylation sites is 2. The molecule has 32 heavy (non-hydrogen) atoms. The number of alkyl halides is 2. The van der Waals surface area contributed by atoms with Crippen molar-refractivity contribution >= 4 is 17.6 Å². The number of carbonyl (C=O) groups is 1. The van der Waals surface area contributed by atoms with E-state index in [1.165, 1.54) is 0 Å². The van der Waals surface area contributed by atoms with Crippen molar-refractivity contribution in [2.24, 2.45) is 4.99 Å². The van der Waals surface area contributed by atoms with E-state index in [0.717, 1.165) is 17.7 Å². The molecule has 0 saturated carbocycles. The first-order valence-corrected chi connectivity index (χ1v) is 10.6. The molecule has 172 valence electrons. The largest absolute Gasteiger partial charge is 0.490 e. The van der Waals surface area contributed by atoms with Crippen molar-refractivity contribution in [1.82, 2.24) is 10.6 Å². The normalized spacial score (nSPS) is 13.2. The highest BCUT2D eigenvalue weighted by atomic mass is 19.3. The van der Waals surface area contributed by atoms with Crippen molar-refractivity contribution in [3.8, 4) is 11.5 Å². The maximum atomic E-state index is 12.9. The van der Waals surface area contributed by atoms with E-state index in [1.54, 1.807) is 30.0 Å². The maximum absolute atomic E-state index is 12.9. The van der Waals surface area contributed by atoms with Crippen LogP contribution in [0.4, 0.5) is 14.5 Å². The van der Waals surface area contributed by atoms with Crippen LogP contribution in [-0.4, -0.2) is 44.7 Å². The van der Waals surface area contributed by atoms with Crippen LogP contribution in [0.5, 0.6) is 11.5 Å². The van der Waals surface area contributed by atoms with E-state index in [1.807, 2.05) is 31.2 Å². The SMILES string of the molecule is CCNC(=NCc1cccc(OCC)c1OC(F)F)NCC(=O)N1CCc2ccccc21. The number of aliphatic imine (C=N–C) groups is 1. The molecule has 1 amide bonds. The average Bonchev–Trinajstić information content (AvgIpc) is 3.21. The standard InChI is InChI=1S/C23H28F2N4O3/c1-3-26-23(28-15-20(30)29-13-12-16-8-5-6-10-18(16)29)27-14-17-9-7-11-19(31-4-2)21(17)32-22(24)25/h5-11,22H,3-4,12-15H2,1-2H3,(H2,26,27,28). The average molecular weight is 446 g/mol. The number of nitrogens with one attached hydrogen (secondary N) is 2. The maximum Gasteiger partial charge on any atom is 0.387 e. The van der Waals surface area contributed by atoms with Gasteiger partial charge in [0.15, 0.2) is 17.5 Å². The Balaban J connectivity index is 1.69. The first kappa shape index (κ1) is 23.3. The number of carbonyl (C=O) groups excluding carboxylic acids is 1. The molecule has 0 saturated heterocycles. The predicted molar refractivity (Wildman–Crippen MR) is 120 cm³/mol. The number of benzene rings is 2. The topological polar surface area (TPSA) is 75.2 Å². The van der Waals surface area contributed by atoms with Gasteiger partial charge in [-0.05, 0) is 38.0 Å². The van der Waals surface area contributed by atoms with Gasteiger partial charge in [0, 0.05) is 24.3 Å². The molecule has 3 rings (SSSR count). The van der Waals surface area contributed by atoms with Crippen molar-refractivity contribution in [3.63, 3.8) is 0 Å². The fourth-order valence-corrected chi connectivity index (χ4v) is 3.54. The summed E-state index contributed by atoms with van der Waals surface area (Å²) in [7, 11) is 0. The predicted octanol–water partition coefficient (Wildman–Crippen LogP) is 3.33. The van der Waals surface area contributed by atoms with E-state index in [2.05, 4.69) is 15.6 Å². The molecule has 0 aliphatic carbocycles. The summed E-state index contributed by atoms with van der Waals surface area (Å²) >= 11 is 0. The van der Waals surface area contributed by atoms with E-state index in [9.17, 15) is 13.6 Å². The van der Waals surface area contributed by atoms with Crippen molar-refractivity contribution in [2.45, 2.75) is 33.4 Å². The summed E-state index contributed by atoms with van der Waals surface area (Å²) in [5.41, 5.74) is 2.54. The fourth-order valence-electron chi connectivity index (χ4n) is 3.54. The van der Waals surface area contributed by atoms with Gasteiger partial charge in [0.1, 0.15) is 0 Å². The first-order chi connectivity index (χ1) is 15.5. The second kappa shape index (κ2) is 11.3. The lowest BCUT2D eigenvalue weighted by molar-refractivity contribution is -0.117. The molecule has 2 aromatic rings. The Morgan fingerprint density at radius 2 is 1.97 bits per heavy atom. The molecule has 2 N–H and O–H groups in total. The third kappa shape index (κ3) is 5.87. The van der Waals surface area contributed by atoms with Crippen LogP contribution < -0.4 is 25.0 Å². The van der Waals surface area contributed by atoms with Crippen LogP contribution in [-0.2, 0) is 17.8 Å². The molecule has 0 aromatic heterocycles. The van der Waals surface area contributed by atoms with E-state index < -0.39 is 6.61 Å². The van der Waals surface area contributed by atoms with Crippen molar-refractivity contribution in [2.75, 3.05) is 31.1 Å². The second-order valence-corrected chi connectivity index (χ2v) is 7.03. The second-order valence-electron chi connectivity index (χ2n) is 7.03. The number of anilines is 1. The highest BCUT2D eigenvalue weighted by Gasteiger charge is 2.24. The highest BCUT2D eigenvalue weighted by Crippen LogP contribution is 2.33. The Labute approximate surface area is 186 Å². The van der Waals surface area contributed by atoms with Crippen LogP contribution in [0.3, 0.4) is 0 Å². The molecule has 9 heteroatoms. The number of fused-ring (bicyclic) bond motifs is 1. The number of rotatable bonds is 9. The van der Waals surface area contributed by atoms with Gasteiger partial charge >= 0.3 is 6.61 Å². The van der Waals surface area contributed by atoms with Crippen LogP contribution in [0.25, 0.3) is 0 Å². The third-order valence-corrected chi connectivity index (χ3v) is 4.91. The van der Waals surface area contributed by atoms with Crippen LogP contribution in [0.1, 0.15) is 25.0 Å². The molecular weight excluding hydrogens is 418 g/mol. The molecule has 0 fully saturated rings. The molecule has 1 heterocycles. The molecule has 2 aromatic carbocycles. The molecule has 7 nitrogen and oxygen atoms in total. The summed E-state index contributed by atoms with van der Waals surface area (Å²) in [6.07, 6.45) is 0.832. The molecule has 0 radical (unpaired) electrons. The summed E-state index contributed by atoms with van der Waals surface area (Å²) in [5.74, 6) is 0.536. The summed E-state index contributed by atoms with van der Waals surface area (Å²) in [6, 6.07) is 12.8. The smallest absolute Gasteiger partial charge is 0.387 e. The Morgan fingerprint density at radius 1 is 1.16 bits per heavy atom. The Hall–Kier alpha value is -3.36. The number of nitrogens with zero attached hydrogens (tertiary/aromatic N) is 2. The van der Waals surface area contributed by atoms with Gasteiger partial charge in [-0.15, -0.1) is 0 Å². The molecule has 0 unspecified atom stereocenters. The Kier molecular flexibility index (Phi) is 8.24. The summed E-state index contributed by atoms with van der Waals surface area (Å²) in [6.45, 7) is 2.35. The van der Waals surface area contributed by atoms with Gasteiger partial charge in [0.05, 0.1) is 19.7 Å². The number of ether oxygens (including phenoxy) is 2. The van der Waals surface area contributed by atoms with E-state index in [-0.39, 0.29) is 30.5 Å². The Bertz CT molecular complexity index is 953. The van der Waals surface area contributed by atoms with Gasteiger partial charge in [-0.3, -0.25) is 4.79 Å². The minimum atomic E-state index is -2.98. The monoisotopic (exact) mass is 446 g/mol. The zero-order valence-corrected chi connectivity index (χ0v) is 18.2. The summed E-state index contributed by atoms with van der Waals surface area (Å²) in [4.78, 5) is 18.9. The van der Waals surface area contributed by atoms with Crippen molar-refractivity contribution in [3.05, 3.63) is 53.6 Å². The zero-order valence-electron chi connectivity index (χ0n) is 18.2. The highest BCUT2D eigenvalue weighted by molar-refractivity contribution is 5.98. The lowest BCUT2D eigenvalue weighted by atomic mass is 10.2. The van der Waals surface area contributed by atoms with Gasteiger partial charge in [0.25, 0.3) is 0 Å². The van der Waals surface area contributed by atoms with Crippen LogP contribution in [0.15, 0.2) is 47.5 Å². The number of halogens is 2. The van der Waals surface area contributed by atoms with E-state index >= 15 is 0 Å². The molecule has 0 bridgehead atoms. The minimum Gasteiger partial charge on any atom is -0.490 e. The first-order valence-electron chi connectivity index (χ1n) is 10.6. The van der Waals surface area contributed by atoms with Crippen molar-refractivity contribution in [1.29, 1.82) is 0 Å². The van der Waals surface area contributed by atoms with E-state index in [0.29, 0.717) is 31.2 Å². The molecule has 1 aliphatic rings. The number of hydrogen-bond acceptors (Lipinski definition) is 4. The lowest BCUT2D eigenvalue weighted by Gasteiger charge is -2.19. The zero-order chi connectivity index (χ0) is 22.9. The van der Waals surface area contributed by atoms with Gasteiger partial charge in [-0.2, -0.15) is 8.78 Å². The molecule has 0 atom stereocenters. The fraction of sp³-hybridized carbons (Fsp3) is 0.391. The molecule has 1 aliphatic heterocycles. The summed E-state index contributed by atoms with van der Waals surface area (Å²) in [5, 5.41) is 6.09. The number of amides is 1.